The summed E-state index contributed by atoms with van der Waals surface area (Å²) in [7, 11) is 4.01. The average Bonchev–Trinajstić information content (AvgIpc) is 3.20. The van der Waals surface area contributed by atoms with E-state index in [0.29, 0.717) is 79.6 Å². The molecule has 2 fully saturated rings. The van der Waals surface area contributed by atoms with Gasteiger partial charge in [0.05, 0.1) is 8.95 Å². The number of piperazine rings is 1. The van der Waals surface area contributed by atoms with Gasteiger partial charge in [-0.3, -0.25) is 14.6 Å². The molecule has 14 nitrogen and oxygen atoms in total. The number of para-hydroxylation sites is 1. The molecule has 2 aromatic carbocycles. The number of halogens is 2. The summed E-state index contributed by atoms with van der Waals surface area (Å²) in [6, 6.07) is 12.7. The molecule has 0 unspecified atom stereocenters. The fourth-order valence-corrected chi connectivity index (χ4v) is 8.87. The van der Waals surface area contributed by atoms with Gasteiger partial charge in [0.1, 0.15) is 17.8 Å². The molecule has 6 rings (SSSR count). The first-order chi connectivity index (χ1) is 27.0. The van der Waals surface area contributed by atoms with Gasteiger partial charge in [-0.25, -0.2) is 9.59 Å². The van der Waals surface area contributed by atoms with Crippen molar-refractivity contribution in [3.05, 3.63) is 81.0 Å². The fraction of sp³-hybridized carbons (Fsp3) is 0.475. The number of likely N-dealkylation sites (tertiary alicyclic amines) is 1. The number of carbonyl (C=O) groups excluding carboxylic acids is 4. The minimum Gasteiger partial charge on any atom is -0.506 e. The molecule has 16 heteroatoms. The number of urea groups is 2. The maximum absolute atomic E-state index is 14.3. The predicted molar refractivity (Wildman–Crippen MR) is 222 cm³/mol. The van der Waals surface area contributed by atoms with Gasteiger partial charge in [0.15, 0.2) is 0 Å². The number of nitrogens with zero attached hydrogens (tertiary/aromatic N) is 6. The van der Waals surface area contributed by atoms with Crippen LogP contribution in [0.2, 0.25) is 0 Å². The van der Waals surface area contributed by atoms with Crippen LogP contribution >= 0.6 is 31.9 Å². The van der Waals surface area contributed by atoms with Gasteiger partial charge in [-0.1, -0.05) is 18.2 Å². The van der Waals surface area contributed by atoms with Crippen LogP contribution < -0.4 is 20.9 Å². The summed E-state index contributed by atoms with van der Waals surface area (Å²) in [4.78, 5) is 69.1. The molecule has 300 valence electrons. The summed E-state index contributed by atoms with van der Waals surface area (Å²) in [5.41, 5.74) is 3.62. The van der Waals surface area contributed by atoms with E-state index >= 15 is 0 Å². The second kappa shape index (κ2) is 19.2. The van der Waals surface area contributed by atoms with Crippen LogP contribution in [0.4, 0.5) is 21.0 Å². The number of aromatic hydroxyl groups is 1. The quantitative estimate of drug-likeness (QED) is 0.175. The number of benzene rings is 2. The number of aromatic nitrogens is 1. The summed E-state index contributed by atoms with van der Waals surface area (Å²) < 4.78 is 0.886. The number of amides is 6. The first kappa shape index (κ1) is 41.2. The summed E-state index contributed by atoms with van der Waals surface area (Å²) in [5.74, 6) is -0.567. The molecule has 0 aliphatic carbocycles. The van der Waals surface area contributed by atoms with Crippen molar-refractivity contribution >= 4 is 67.1 Å². The minimum atomic E-state index is -1.02. The Kier molecular flexibility index (Phi) is 14.1. The van der Waals surface area contributed by atoms with Crippen LogP contribution in [0.25, 0.3) is 0 Å². The van der Waals surface area contributed by atoms with Gasteiger partial charge in [0.25, 0.3) is 0 Å². The number of nitrogens with one attached hydrogen (secondary N) is 3. The number of piperidine rings is 1. The molecule has 4 heterocycles. The molecule has 0 saturated carbocycles. The van der Waals surface area contributed by atoms with Gasteiger partial charge >= 0.3 is 12.1 Å². The number of unbranched alkanes of at least 4 members (excludes halogenated alkanes) is 1. The zero-order valence-corrected chi connectivity index (χ0v) is 35.1. The average molecular weight is 898 g/mol. The number of phenols is 1. The summed E-state index contributed by atoms with van der Waals surface area (Å²) in [6.45, 7) is 4.53. The molecule has 2 saturated heterocycles. The highest BCUT2D eigenvalue weighted by Crippen LogP contribution is 2.34. The smallest absolute Gasteiger partial charge is 0.322 e. The number of phenolic OH excluding ortho intramolecular Hbond substituents is 1. The molecule has 0 spiro atoms. The van der Waals surface area contributed by atoms with E-state index in [0.717, 1.165) is 36.3 Å². The van der Waals surface area contributed by atoms with Crippen molar-refractivity contribution in [1.82, 2.24) is 35.2 Å². The van der Waals surface area contributed by atoms with Gasteiger partial charge < -0.3 is 45.6 Å². The Morgan fingerprint density at radius 3 is 2.27 bits per heavy atom. The topological polar surface area (TPSA) is 154 Å². The summed E-state index contributed by atoms with van der Waals surface area (Å²) in [5, 5.41) is 19.4. The second-order valence-electron chi connectivity index (χ2n) is 14.9. The van der Waals surface area contributed by atoms with E-state index < -0.39 is 24.0 Å². The first-order valence-corrected chi connectivity index (χ1v) is 20.8. The second-order valence-corrected chi connectivity index (χ2v) is 16.6. The third-order valence-corrected chi connectivity index (χ3v) is 12.0. The fourth-order valence-electron chi connectivity index (χ4n) is 7.59. The van der Waals surface area contributed by atoms with E-state index in [9.17, 15) is 24.3 Å². The van der Waals surface area contributed by atoms with Crippen molar-refractivity contribution in [2.75, 3.05) is 70.1 Å². The van der Waals surface area contributed by atoms with Gasteiger partial charge in [-0.05, 0) is 126 Å². The highest BCUT2D eigenvalue weighted by molar-refractivity contribution is 9.11. The van der Waals surface area contributed by atoms with Crippen molar-refractivity contribution < 1.29 is 24.3 Å². The SMILES string of the molecule is CN(C)CCCC[C@H](NC(=O)[C@@H](Cc1cc(Br)c(O)c(Br)c1)NC(=O)N1CCC(N2Cc3ccccc3NC2=O)CC1)C(=O)N1CCN(c2ccncc2)CC1. The van der Waals surface area contributed by atoms with Crippen molar-refractivity contribution in [3.8, 4) is 5.75 Å². The Labute approximate surface area is 345 Å². The molecule has 3 aromatic rings. The third kappa shape index (κ3) is 10.5. The van der Waals surface area contributed by atoms with Crippen LogP contribution in [0.3, 0.4) is 0 Å². The molecule has 4 N–H and O–H groups in total. The van der Waals surface area contributed by atoms with Crippen LogP contribution in [0, 0.1) is 0 Å². The normalized spacial score (nSPS) is 17.3. The standard InChI is InChI=1S/C40H51Br2N9O5/c1-47(2)16-6-5-9-34(38(54)49-21-19-48(20-22-49)29-10-14-43-15-11-29)44-37(53)35(25-27-23-31(41)36(52)32(42)24-27)46-39(55)50-17-12-30(13-18-50)51-26-28-7-3-4-8-33(28)45-40(51)56/h3-4,7-8,10-11,14-15,23-24,30,34-35,52H,5-6,9,12-13,16-22,25-26H2,1-2H3,(H,44,53)(H,45,56)(H,46,55)/t34-,35+/m0/s1. The van der Waals surface area contributed by atoms with E-state index in [2.05, 4.69) is 62.6 Å². The Balaban J connectivity index is 1.14. The van der Waals surface area contributed by atoms with E-state index in [-0.39, 0.29) is 30.2 Å². The Morgan fingerprint density at radius 1 is 0.911 bits per heavy atom. The highest BCUT2D eigenvalue weighted by atomic mass is 79.9. The van der Waals surface area contributed by atoms with Crippen molar-refractivity contribution in [1.29, 1.82) is 0 Å². The van der Waals surface area contributed by atoms with Gasteiger partial charge in [-0.2, -0.15) is 0 Å². The number of anilines is 2. The molecule has 3 aliphatic rings. The first-order valence-electron chi connectivity index (χ1n) is 19.2. The Hall–Kier alpha value is -4.41. The number of fused-ring (bicyclic) bond motifs is 1. The highest BCUT2D eigenvalue weighted by Gasteiger charge is 2.35. The van der Waals surface area contributed by atoms with Gasteiger partial charge in [0, 0.05) is 82.0 Å². The summed E-state index contributed by atoms with van der Waals surface area (Å²) >= 11 is 6.78. The lowest BCUT2D eigenvalue weighted by atomic mass is 10.0. The molecule has 3 aliphatic heterocycles. The van der Waals surface area contributed by atoms with E-state index in [1.807, 2.05) is 60.3 Å². The number of carbonyl (C=O) groups is 4. The maximum Gasteiger partial charge on any atom is 0.322 e. The molecule has 1 aromatic heterocycles. The van der Waals surface area contributed by atoms with Crippen molar-refractivity contribution in [2.45, 2.75) is 63.2 Å². The van der Waals surface area contributed by atoms with Crippen molar-refractivity contribution in [3.63, 3.8) is 0 Å². The molecular formula is C40H51Br2N9O5. The largest absolute Gasteiger partial charge is 0.506 e. The summed E-state index contributed by atoms with van der Waals surface area (Å²) in [6.07, 6.45) is 6.87. The number of hydrogen-bond donors (Lipinski definition) is 4. The lowest BCUT2D eigenvalue weighted by molar-refractivity contribution is -0.137. The lowest BCUT2D eigenvalue weighted by Gasteiger charge is -2.40. The van der Waals surface area contributed by atoms with Crippen LogP contribution in [0.15, 0.2) is 69.9 Å². The van der Waals surface area contributed by atoms with Crippen LogP contribution in [-0.4, -0.2) is 132 Å². The maximum atomic E-state index is 14.3. The van der Waals surface area contributed by atoms with Crippen molar-refractivity contribution in [2.24, 2.45) is 0 Å². The van der Waals surface area contributed by atoms with E-state index in [1.54, 1.807) is 29.4 Å². The van der Waals surface area contributed by atoms with Gasteiger partial charge in [0.2, 0.25) is 11.8 Å². The molecule has 0 radical (unpaired) electrons. The van der Waals surface area contributed by atoms with Crippen LogP contribution in [0.1, 0.15) is 43.2 Å². The zero-order chi connectivity index (χ0) is 39.8. The van der Waals surface area contributed by atoms with E-state index in [1.165, 1.54) is 0 Å². The lowest BCUT2D eigenvalue weighted by Crippen LogP contribution is -2.59. The number of pyridine rings is 1. The Morgan fingerprint density at radius 2 is 1.59 bits per heavy atom. The number of rotatable bonds is 13. The Bertz CT molecular complexity index is 1830. The van der Waals surface area contributed by atoms with Crippen LogP contribution in [0.5, 0.6) is 5.75 Å². The molecule has 56 heavy (non-hydrogen) atoms. The zero-order valence-electron chi connectivity index (χ0n) is 31.9. The monoisotopic (exact) mass is 895 g/mol. The van der Waals surface area contributed by atoms with E-state index in [4.69, 9.17) is 0 Å². The minimum absolute atomic E-state index is 0.0277. The molecule has 6 amide bonds. The molecule has 2 atom stereocenters. The molecule has 0 bridgehead atoms. The third-order valence-electron chi connectivity index (χ3n) is 10.8. The number of hydrogen-bond acceptors (Lipinski definition) is 8. The predicted octanol–water partition coefficient (Wildman–Crippen LogP) is 5.01. The molecular weight excluding hydrogens is 846 g/mol. The van der Waals surface area contributed by atoms with Crippen LogP contribution in [-0.2, 0) is 22.6 Å². The van der Waals surface area contributed by atoms with Gasteiger partial charge in [-0.15, -0.1) is 0 Å².